The third-order valence-corrected chi connectivity index (χ3v) is 5.37. The fraction of sp³-hybridized carbons (Fsp3) is 0.400. The van der Waals surface area contributed by atoms with Crippen molar-refractivity contribution < 1.29 is 8.42 Å². The molecule has 2 rings (SSSR count). The number of rotatable bonds is 5. The van der Waals surface area contributed by atoms with Crippen LogP contribution in [0.15, 0.2) is 15.9 Å². The molecule has 0 atom stereocenters. The van der Waals surface area contributed by atoms with Gasteiger partial charge in [0.1, 0.15) is 0 Å². The summed E-state index contributed by atoms with van der Waals surface area (Å²) >= 11 is 7.20. The molecule has 0 fully saturated rings. The molecule has 19 heavy (non-hydrogen) atoms. The Hall–Kier alpha value is -0.960. The molecule has 104 valence electrons. The standard InChI is InChI=1S/C10H13ClN4O2S2/c1-7-9(3-11)10(14-13-7)19(16,17)15(2)4-8-5-18-6-12-8/h5-6H,3-4H2,1-2H3,(H,13,14). The minimum absolute atomic E-state index is 0.0160. The maximum Gasteiger partial charge on any atom is 0.262 e. The minimum Gasteiger partial charge on any atom is -0.281 e. The van der Waals surface area contributed by atoms with Crippen LogP contribution < -0.4 is 0 Å². The highest BCUT2D eigenvalue weighted by atomic mass is 35.5. The third kappa shape index (κ3) is 2.81. The Bertz CT molecular complexity index is 651. The molecule has 0 unspecified atom stereocenters. The lowest BCUT2D eigenvalue weighted by Gasteiger charge is -2.15. The molecule has 0 aliphatic carbocycles. The number of nitrogens with one attached hydrogen (secondary N) is 1. The number of halogens is 1. The van der Waals surface area contributed by atoms with Crippen molar-refractivity contribution >= 4 is 33.0 Å². The van der Waals surface area contributed by atoms with E-state index in [1.54, 1.807) is 12.4 Å². The van der Waals surface area contributed by atoms with Crippen molar-refractivity contribution in [1.29, 1.82) is 0 Å². The first kappa shape index (κ1) is 14.4. The number of alkyl halides is 1. The molecular formula is C10H13ClN4O2S2. The molecule has 2 aromatic heterocycles. The lowest BCUT2D eigenvalue weighted by Crippen LogP contribution is -2.27. The number of aromatic nitrogens is 3. The van der Waals surface area contributed by atoms with Crippen LogP contribution in [0.25, 0.3) is 0 Å². The van der Waals surface area contributed by atoms with Crippen molar-refractivity contribution in [2.45, 2.75) is 24.4 Å². The van der Waals surface area contributed by atoms with E-state index in [0.717, 1.165) is 0 Å². The van der Waals surface area contributed by atoms with Gasteiger partial charge in [-0.2, -0.15) is 9.40 Å². The lowest BCUT2D eigenvalue weighted by molar-refractivity contribution is 0.459. The van der Waals surface area contributed by atoms with Crippen LogP contribution in [0, 0.1) is 6.92 Å². The topological polar surface area (TPSA) is 79.0 Å². The van der Waals surface area contributed by atoms with Gasteiger partial charge in [-0.25, -0.2) is 13.4 Å². The Labute approximate surface area is 120 Å². The van der Waals surface area contributed by atoms with Gasteiger partial charge >= 0.3 is 0 Å². The fourth-order valence-corrected chi connectivity index (χ4v) is 3.83. The van der Waals surface area contributed by atoms with Crippen LogP contribution in [-0.2, 0) is 22.4 Å². The second-order valence-electron chi connectivity index (χ2n) is 4.01. The molecule has 0 radical (unpaired) electrons. The highest BCUT2D eigenvalue weighted by molar-refractivity contribution is 7.89. The molecule has 0 saturated carbocycles. The number of nitrogens with zero attached hydrogens (tertiary/aromatic N) is 3. The van der Waals surface area contributed by atoms with Gasteiger partial charge in [0.2, 0.25) is 0 Å². The summed E-state index contributed by atoms with van der Waals surface area (Å²) < 4.78 is 26.0. The average molecular weight is 321 g/mol. The zero-order valence-electron chi connectivity index (χ0n) is 10.4. The molecule has 1 N–H and O–H groups in total. The molecule has 2 aromatic rings. The summed E-state index contributed by atoms with van der Waals surface area (Å²) in [4.78, 5) is 4.07. The molecular weight excluding hydrogens is 308 g/mol. The highest BCUT2D eigenvalue weighted by Gasteiger charge is 2.28. The van der Waals surface area contributed by atoms with Crippen LogP contribution >= 0.6 is 22.9 Å². The Morgan fingerprint density at radius 1 is 1.53 bits per heavy atom. The van der Waals surface area contributed by atoms with Crippen LogP contribution in [-0.4, -0.2) is 35.0 Å². The summed E-state index contributed by atoms with van der Waals surface area (Å²) in [6.07, 6.45) is 0. The van der Waals surface area contributed by atoms with E-state index in [1.165, 1.54) is 22.7 Å². The van der Waals surface area contributed by atoms with Gasteiger partial charge in [0.15, 0.2) is 5.03 Å². The summed E-state index contributed by atoms with van der Waals surface area (Å²) in [6.45, 7) is 1.95. The Balaban J connectivity index is 2.31. The predicted molar refractivity (Wildman–Crippen MR) is 73.6 cm³/mol. The molecule has 0 saturated heterocycles. The van der Waals surface area contributed by atoms with Gasteiger partial charge in [0.05, 0.1) is 23.6 Å². The van der Waals surface area contributed by atoms with Crippen LogP contribution in [0.3, 0.4) is 0 Å². The number of aryl methyl sites for hydroxylation is 1. The van der Waals surface area contributed by atoms with E-state index in [4.69, 9.17) is 11.6 Å². The van der Waals surface area contributed by atoms with Crippen molar-refractivity contribution in [3.8, 4) is 0 Å². The van der Waals surface area contributed by atoms with Crippen molar-refractivity contribution in [2.75, 3.05) is 7.05 Å². The van der Waals surface area contributed by atoms with E-state index in [1.807, 2.05) is 5.38 Å². The zero-order valence-corrected chi connectivity index (χ0v) is 12.8. The molecule has 0 aromatic carbocycles. The number of H-pyrrole nitrogens is 1. The SMILES string of the molecule is Cc1[nH]nc(S(=O)(=O)N(C)Cc2cscn2)c1CCl. The number of sulfonamides is 1. The first-order valence-electron chi connectivity index (χ1n) is 5.40. The average Bonchev–Trinajstić information content (AvgIpc) is 2.98. The Kier molecular flexibility index (Phi) is 4.24. The van der Waals surface area contributed by atoms with E-state index < -0.39 is 10.0 Å². The van der Waals surface area contributed by atoms with Crippen molar-refractivity contribution in [3.63, 3.8) is 0 Å². The second-order valence-corrected chi connectivity index (χ2v) is 6.95. The number of hydrogen-bond acceptors (Lipinski definition) is 5. The van der Waals surface area contributed by atoms with Crippen LogP contribution in [0.5, 0.6) is 0 Å². The summed E-state index contributed by atoms with van der Waals surface area (Å²) in [6, 6.07) is 0. The largest absolute Gasteiger partial charge is 0.281 e. The summed E-state index contributed by atoms with van der Waals surface area (Å²) in [5, 5.41) is 8.30. The number of aromatic amines is 1. The summed E-state index contributed by atoms with van der Waals surface area (Å²) in [5.41, 5.74) is 3.54. The summed E-state index contributed by atoms with van der Waals surface area (Å²) in [5.74, 6) is 0.0986. The van der Waals surface area contributed by atoms with Gasteiger partial charge in [-0.05, 0) is 6.92 Å². The van der Waals surface area contributed by atoms with E-state index in [0.29, 0.717) is 17.0 Å². The Morgan fingerprint density at radius 3 is 2.84 bits per heavy atom. The number of hydrogen-bond donors (Lipinski definition) is 1. The molecule has 0 aliphatic heterocycles. The van der Waals surface area contributed by atoms with E-state index >= 15 is 0 Å². The number of thiazole rings is 1. The maximum absolute atomic E-state index is 12.4. The molecule has 9 heteroatoms. The summed E-state index contributed by atoms with van der Waals surface area (Å²) in [7, 11) is -2.17. The van der Waals surface area contributed by atoms with Gasteiger partial charge in [-0.1, -0.05) is 0 Å². The van der Waals surface area contributed by atoms with Gasteiger partial charge in [0, 0.05) is 23.7 Å². The van der Waals surface area contributed by atoms with E-state index in [9.17, 15) is 8.42 Å². The molecule has 2 heterocycles. The van der Waals surface area contributed by atoms with Gasteiger partial charge in [0.25, 0.3) is 10.0 Å². The maximum atomic E-state index is 12.4. The van der Waals surface area contributed by atoms with Gasteiger partial charge in [-0.3, -0.25) is 5.10 Å². The van der Waals surface area contributed by atoms with Crippen molar-refractivity contribution in [1.82, 2.24) is 19.5 Å². The normalized spacial score (nSPS) is 12.2. The monoisotopic (exact) mass is 320 g/mol. The molecule has 0 bridgehead atoms. The first-order valence-corrected chi connectivity index (χ1v) is 8.31. The van der Waals surface area contributed by atoms with Gasteiger partial charge in [-0.15, -0.1) is 22.9 Å². The van der Waals surface area contributed by atoms with Crippen LogP contribution in [0.1, 0.15) is 17.0 Å². The molecule has 0 spiro atoms. The molecule has 0 amide bonds. The smallest absolute Gasteiger partial charge is 0.262 e. The third-order valence-electron chi connectivity index (χ3n) is 2.69. The molecule has 6 nitrogen and oxygen atoms in total. The first-order chi connectivity index (χ1) is 8.96. The van der Waals surface area contributed by atoms with Crippen molar-refractivity contribution in [3.05, 3.63) is 27.8 Å². The van der Waals surface area contributed by atoms with Crippen molar-refractivity contribution in [2.24, 2.45) is 0 Å². The van der Waals surface area contributed by atoms with E-state index in [2.05, 4.69) is 15.2 Å². The molecule has 0 aliphatic rings. The van der Waals surface area contributed by atoms with E-state index in [-0.39, 0.29) is 17.5 Å². The Morgan fingerprint density at radius 2 is 2.26 bits per heavy atom. The van der Waals surface area contributed by atoms with Crippen LogP contribution in [0.4, 0.5) is 0 Å². The predicted octanol–water partition coefficient (Wildman–Crippen LogP) is 1.73. The minimum atomic E-state index is -3.67. The fourth-order valence-electron chi connectivity index (χ4n) is 1.58. The second kappa shape index (κ2) is 5.58. The lowest BCUT2D eigenvalue weighted by atomic mass is 10.3. The zero-order chi connectivity index (χ0) is 14.0. The highest BCUT2D eigenvalue weighted by Crippen LogP contribution is 2.22. The quantitative estimate of drug-likeness (QED) is 0.851. The van der Waals surface area contributed by atoms with Gasteiger partial charge < -0.3 is 0 Å². The van der Waals surface area contributed by atoms with Crippen LogP contribution in [0.2, 0.25) is 0 Å².